The van der Waals surface area contributed by atoms with E-state index in [4.69, 9.17) is 4.74 Å². The van der Waals surface area contributed by atoms with Crippen molar-refractivity contribution in [1.82, 2.24) is 0 Å². The fraction of sp³-hybridized carbons (Fsp3) is 1.00. The van der Waals surface area contributed by atoms with Crippen molar-refractivity contribution < 1.29 is 9.84 Å². The Morgan fingerprint density at radius 2 is 1.91 bits per heavy atom. The fourth-order valence-electron chi connectivity index (χ4n) is 7.53. The van der Waals surface area contributed by atoms with Gasteiger partial charge in [0, 0.05) is 13.2 Å². The first-order valence-corrected chi connectivity index (χ1v) is 9.72. The molecule has 0 radical (unpaired) electrons. The minimum Gasteiger partial charge on any atom is -0.396 e. The molecule has 3 aliphatic carbocycles. The zero-order valence-corrected chi connectivity index (χ0v) is 14.7. The van der Waals surface area contributed by atoms with E-state index in [9.17, 15) is 5.11 Å². The second kappa shape index (κ2) is 5.21. The highest BCUT2D eigenvalue weighted by Crippen LogP contribution is 2.65. The van der Waals surface area contributed by atoms with Gasteiger partial charge < -0.3 is 9.84 Å². The van der Waals surface area contributed by atoms with Crippen LogP contribution in [-0.4, -0.2) is 24.4 Å². The number of fused-ring (bicyclic) bond motifs is 4. The maximum atomic E-state index is 10.1. The highest BCUT2D eigenvalue weighted by Gasteiger charge is 2.59. The molecule has 0 amide bonds. The SMILES string of the molecule is C[C@H]1C2CCOC2C[C@H]2[C@H]1CC[C@H]1[C@](C)(CO)CCC[C@]21C. The van der Waals surface area contributed by atoms with E-state index in [0.717, 1.165) is 30.3 Å². The van der Waals surface area contributed by atoms with Crippen LogP contribution in [0.1, 0.15) is 65.7 Å². The molecule has 4 rings (SSSR count). The lowest BCUT2D eigenvalue weighted by Gasteiger charge is -2.63. The normalized spacial score (nSPS) is 57.8. The lowest BCUT2D eigenvalue weighted by Crippen LogP contribution is -2.57. The topological polar surface area (TPSA) is 29.5 Å². The molecule has 2 nitrogen and oxygen atoms in total. The van der Waals surface area contributed by atoms with Gasteiger partial charge in [0.2, 0.25) is 0 Å². The average Bonchev–Trinajstić information content (AvgIpc) is 2.97. The van der Waals surface area contributed by atoms with E-state index in [1.54, 1.807) is 0 Å². The fourth-order valence-corrected chi connectivity index (χ4v) is 7.53. The van der Waals surface area contributed by atoms with Crippen molar-refractivity contribution in [1.29, 1.82) is 0 Å². The van der Waals surface area contributed by atoms with Gasteiger partial charge in [-0.3, -0.25) is 0 Å². The maximum absolute atomic E-state index is 10.1. The molecular weight excluding hydrogens is 272 g/mol. The molecule has 8 atom stereocenters. The largest absolute Gasteiger partial charge is 0.396 e. The minimum atomic E-state index is 0.161. The summed E-state index contributed by atoms with van der Waals surface area (Å²) < 4.78 is 6.13. The summed E-state index contributed by atoms with van der Waals surface area (Å²) in [6.07, 6.45) is 9.77. The second-order valence-corrected chi connectivity index (χ2v) is 9.53. The van der Waals surface area contributed by atoms with Crippen LogP contribution in [0.15, 0.2) is 0 Å². The molecule has 0 aromatic heterocycles. The number of rotatable bonds is 1. The molecule has 1 N–H and O–H groups in total. The molecule has 1 saturated heterocycles. The van der Waals surface area contributed by atoms with Crippen molar-refractivity contribution in [3.8, 4) is 0 Å². The van der Waals surface area contributed by atoms with Crippen LogP contribution in [0.2, 0.25) is 0 Å². The van der Waals surface area contributed by atoms with E-state index < -0.39 is 0 Å². The van der Waals surface area contributed by atoms with Crippen molar-refractivity contribution in [3.63, 3.8) is 0 Å². The Bertz CT molecular complexity index is 435. The van der Waals surface area contributed by atoms with Gasteiger partial charge in [-0.05, 0) is 78.9 Å². The van der Waals surface area contributed by atoms with Gasteiger partial charge in [0.15, 0.2) is 0 Å². The molecule has 1 heterocycles. The molecule has 4 aliphatic rings. The maximum Gasteiger partial charge on any atom is 0.0609 e. The standard InChI is InChI=1S/C20H34O2/c1-13-14-5-6-18-19(2,12-21)8-4-9-20(18,3)16(14)11-17-15(13)7-10-22-17/h13-18,21H,4-12H2,1-3H3/t13-,14+,15?,16+,17?,18+,19+,20-/m1/s1. The summed E-state index contributed by atoms with van der Waals surface area (Å²) in [5.74, 6) is 4.11. The van der Waals surface area contributed by atoms with Gasteiger partial charge in [0.1, 0.15) is 0 Å². The first-order chi connectivity index (χ1) is 10.5. The molecule has 0 aromatic rings. The van der Waals surface area contributed by atoms with Gasteiger partial charge in [-0.15, -0.1) is 0 Å². The quantitative estimate of drug-likeness (QED) is 0.784. The van der Waals surface area contributed by atoms with Gasteiger partial charge in [-0.1, -0.05) is 27.2 Å². The lowest BCUT2D eigenvalue weighted by molar-refractivity contribution is -0.160. The molecule has 0 aromatic carbocycles. The second-order valence-electron chi connectivity index (χ2n) is 9.53. The van der Waals surface area contributed by atoms with E-state index >= 15 is 0 Å². The Morgan fingerprint density at radius 1 is 1.09 bits per heavy atom. The molecule has 1 aliphatic heterocycles. The van der Waals surface area contributed by atoms with Crippen molar-refractivity contribution in [2.75, 3.05) is 13.2 Å². The number of hydrogen-bond acceptors (Lipinski definition) is 2. The van der Waals surface area contributed by atoms with Crippen molar-refractivity contribution in [2.45, 2.75) is 71.8 Å². The summed E-state index contributed by atoms with van der Waals surface area (Å²) in [5.41, 5.74) is 0.596. The van der Waals surface area contributed by atoms with E-state index in [1.165, 1.54) is 44.9 Å². The Kier molecular flexibility index (Phi) is 3.66. The molecular formula is C20H34O2. The number of ether oxygens (including phenoxy) is 1. The molecule has 2 heteroatoms. The van der Waals surface area contributed by atoms with Gasteiger partial charge in [0.05, 0.1) is 6.10 Å². The number of hydrogen-bond donors (Lipinski definition) is 1. The van der Waals surface area contributed by atoms with E-state index in [-0.39, 0.29) is 5.41 Å². The molecule has 0 spiro atoms. The summed E-state index contributed by atoms with van der Waals surface area (Å²) in [5, 5.41) is 10.1. The number of aliphatic hydroxyl groups excluding tert-OH is 1. The highest BCUT2D eigenvalue weighted by atomic mass is 16.5. The summed E-state index contributed by atoms with van der Waals surface area (Å²) in [7, 11) is 0. The third kappa shape index (κ3) is 1.99. The van der Waals surface area contributed by atoms with E-state index in [1.807, 2.05) is 0 Å². The lowest BCUT2D eigenvalue weighted by atomic mass is 9.42. The monoisotopic (exact) mass is 306 g/mol. The Morgan fingerprint density at radius 3 is 2.68 bits per heavy atom. The van der Waals surface area contributed by atoms with Crippen molar-refractivity contribution >= 4 is 0 Å². The van der Waals surface area contributed by atoms with Crippen LogP contribution in [0.4, 0.5) is 0 Å². The molecule has 4 fully saturated rings. The third-order valence-electron chi connectivity index (χ3n) is 8.71. The van der Waals surface area contributed by atoms with Gasteiger partial charge in [-0.2, -0.15) is 0 Å². The molecule has 22 heavy (non-hydrogen) atoms. The van der Waals surface area contributed by atoms with Crippen LogP contribution < -0.4 is 0 Å². The highest BCUT2D eigenvalue weighted by molar-refractivity contribution is 5.08. The predicted molar refractivity (Wildman–Crippen MR) is 88.5 cm³/mol. The summed E-state index contributed by atoms with van der Waals surface area (Å²) in [6, 6.07) is 0. The smallest absolute Gasteiger partial charge is 0.0609 e. The molecule has 3 saturated carbocycles. The first-order valence-electron chi connectivity index (χ1n) is 9.72. The summed E-state index contributed by atoms with van der Waals surface area (Å²) in [4.78, 5) is 0. The average molecular weight is 306 g/mol. The first kappa shape index (κ1) is 15.4. The Balaban J connectivity index is 1.67. The van der Waals surface area contributed by atoms with Crippen molar-refractivity contribution in [3.05, 3.63) is 0 Å². The van der Waals surface area contributed by atoms with E-state index in [2.05, 4.69) is 20.8 Å². The van der Waals surface area contributed by atoms with E-state index in [0.29, 0.717) is 24.0 Å². The predicted octanol–water partition coefficient (Wildman–Crippen LogP) is 4.26. The van der Waals surface area contributed by atoms with Crippen LogP contribution in [0.3, 0.4) is 0 Å². The van der Waals surface area contributed by atoms with Crippen LogP contribution in [0.25, 0.3) is 0 Å². The zero-order chi connectivity index (χ0) is 15.5. The zero-order valence-electron chi connectivity index (χ0n) is 14.7. The van der Waals surface area contributed by atoms with Crippen LogP contribution in [-0.2, 0) is 4.74 Å². The molecule has 0 bridgehead atoms. The van der Waals surface area contributed by atoms with Gasteiger partial charge >= 0.3 is 0 Å². The van der Waals surface area contributed by atoms with Crippen LogP contribution >= 0.6 is 0 Å². The molecule has 126 valence electrons. The van der Waals surface area contributed by atoms with Gasteiger partial charge in [-0.25, -0.2) is 0 Å². The van der Waals surface area contributed by atoms with Crippen molar-refractivity contribution in [2.24, 2.45) is 40.4 Å². The Hall–Kier alpha value is -0.0800. The van der Waals surface area contributed by atoms with Crippen LogP contribution in [0, 0.1) is 40.4 Å². The van der Waals surface area contributed by atoms with Gasteiger partial charge in [0.25, 0.3) is 0 Å². The summed E-state index contributed by atoms with van der Waals surface area (Å²) in [6.45, 7) is 8.82. The summed E-state index contributed by atoms with van der Waals surface area (Å²) >= 11 is 0. The minimum absolute atomic E-state index is 0.161. The number of aliphatic hydroxyl groups is 1. The third-order valence-corrected chi connectivity index (χ3v) is 8.71. The Labute approximate surface area is 136 Å². The van der Waals surface area contributed by atoms with Crippen LogP contribution in [0.5, 0.6) is 0 Å². The molecule has 2 unspecified atom stereocenters.